The number of carbonyl (C=O) groups is 2. The van der Waals surface area contributed by atoms with E-state index in [2.05, 4.69) is 20.7 Å². The van der Waals surface area contributed by atoms with Gasteiger partial charge in [-0.05, 0) is 62.7 Å². The highest BCUT2D eigenvalue weighted by Gasteiger charge is 2.18. The van der Waals surface area contributed by atoms with Crippen molar-refractivity contribution in [2.75, 3.05) is 10.6 Å². The molecular weight excluding hydrogens is 437 g/mol. The van der Waals surface area contributed by atoms with Crippen LogP contribution in [-0.4, -0.2) is 32.4 Å². The number of carbonyl (C=O) groups excluding carboxylic acids is 2. The Balaban J connectivity index is 1.50. The van der Waals surface area contributed by atoms with Crippen molar-refractivity contribution in [2.24, 2.45) is 0 Å². The van der Waals surface area contributed by atoms with Crippen LogP contribution in [0.25, 0.3) is 10.9 Å². The Morgan fingerprint density at radius 2 is 1.74 bits per heavy atom. The first-order valence-electron chi connectivity index (χ1n) is 10.6. The second-order valence-electron chi connectivity index (χ2n) is 8.71. The molecule has 2 aromatic heterocycles. The van der Waals surface area contributed by atoms with Crippen LogP contribution in [0.5, 0.6) is 0 Å². The lowest BCUT2D eigenvalue weighted by Gasteiger charge is -2.20. The summed E-state index contributed by atoms with van der Waals surface area (Å²) in [6, 6.07) is 13.5. The second kappa shape index (κ2) is 9.30. The van der Waals surface area contributed by atoms with Crippen LogP contribution >= 0.6 is 0 Å². The minimum absolute atomic E-state index is 0.345. The van der Waals surface area contributed by atoms with Gasteiger partial charge in [-0.3, -0.25) is 19.8 Å². The number of anilines is 2. The summed E-state index contributed by atoms with van der Waals surface area (Å²) in [6.45, 7) is 5.66. The first kappa shape index (κ1) is 22.9. The molecule has 0 spiro atoms. The fraction of sp³-hybridized carbons (Fsp3) is 0.200. The molecule has 0 unspecified atom stereocenters. The monoisotopic (exact) mass is 461 g/mol. The first-order chi connectivity index (χ1) is 16.2. The van der Waals surface area contributed by atoms with Crippen molar-refractivity contribution in [3.8, 4) is 0 Å². The fourth-order valence-corrected chi connectivity index (χ4v) is 3.38. The predicted molar refractivity (Wildman–Crippen MR) is 127 cm³/mol. The molecule has 0 fully saturated rings. The predicted octanol–water partition coefficient (Wildman–Crippen LogP) is 5.22. The lowest BCUT2D eigenvalue weighted by atomic mass is 10.1. The number of nitrogens with one attached hydrogen (secondary N) is 2. The molecule has 34 heavy (non-hydrogen) atoms. The van der Waals surface area contributed by atoms with E-state index in [-0.39, 0.29) is 5.91 Å². The fourth-order valence-electron chi connectivity index (χ4n) is 3.38. The molecule has 2 heterocycles. The van der Waals surface area contributed by atoms with Crippen LogP contribution in [0.1, 0.15) is 36.7 Å². The summed E-state index contributed by atoms with van der Waals surface area (Å²) in [5, 5.41) is 10.6. The van der Waals surface area contributed by atoms with Crippen molar-refractivity contribution >= 4 is 34.3 Å². The zero-order chi connectivity index (χ0) is 24.3. The number of pyridine rings is 1. The van der Waals surface area contributed by atoms with E-state index in [9.17, 15) is 14.0 Å². The number of para-hydroxylation sites is 2. The molecule has 0 aliphatic rings. The summed E-state index contributed by atoms with van der Waals surface area (Å²) in [5.74, 6) is -0.753. The summed E-state index contributed by atoms with van der Waals surface area (Å²) < 4.78 is 20.4. The molecular formula is C25H24FN5O3. The average molecular weight is 461 g/mol. The third kappa shape index (κ3) is 5.55. The molecule has 4 rings (SSSR count). The summed E-state index contributed by atoms with van der Waals surface area (Å²) in [5.41, 5.74) is 2.11. The minimum atomic E-state index is -0.646. The van der Waals surface area contributed by atoms with E-state index in [0.717, 1.165) is 17.1 Å². The maximum absolute atomic E-state index is 13.4. The van der Waals surface area contributed by atoms with Gasteiger partial charge in [0.1, 0.15) is 11.4 Å². The van der Waals surface area contributed by atoms with Crippen LogP contribution in [-0.2, 0) is 11.3 Å². The van der Waals surface area contributed by atoms with Crippen molar-refractivity contribution in [3.05, 3.63) is 84.1 Å². The summed E-state index contributed by atoms with van der Waals surface area (Å²) >= 11 is 0. The number of halogens is 1. The molecule has 174 valence electrons. The van der Waals surface area contributed by atoms with E-state index < -0.39 is 17.5 Å². The number of benzene rings is 2. The van der Waals surface area contributed by atoms with Crippen molar-refractivity contribution < 1.29 is 18.7 Å². The molecule has 0 bridgehead atoms. The van der Waals surface area contributed by atoms with Gasteiger partial charge < -0.3 is 10.1 Å². The third-order valence-corrected chi connectivity index (χ3v) is 4.81. The van der Waals surface area contributed by atoms with E-state index in [1.807, 2.05) is 0 Å². The Morgan fingerprint density at radius 3 is 2.44 bits per heavy atom. The Labute approximate surface area is 195 Å². The molecule has 2 aromatic carbocycles. The largest absolute Gasteiger partial charge is 0.444 e. The van der Waals surface area contributed by atoms with Crippen LogP contribution in [0.3, 0.4) is 0 Å². The van der Waals surface area contributed by atoms with Gasteiger partial charge >= 0.3 is 6.09 Å². The second-order valence-corrected chi connectivity index (χ2v) is 8.71. The number of aromatic nitrogens is 3. The Kier molecular flexibility index (Phi) is 6.27. The highest BCUT2D eigenvalue weighted by Crippen LogP contribution is 2.24. The van der Waals surface area contributed by atoms with Crippen LogP contribution in [0.2, 0.25) is 0 Å². The van der Waals surface area contributed by atoms with Gasteiger partial charge in [-0.15, -0.1) is 0 Å². The van der Waals surface area contributed by atoms with Gasteiger partial charge in [-0.25, -0.2) is 9.18 Å². The van der Waals surface area contributed by atoms with Crippen LogP contribution in [0.4, 0.5) is 20.6 Å². The van der Waals surface area contributed by atoms with Crippen molar-refractivity contribution in [2.45, 2.75) is 32.9 Å². The van der Waals surface area contributed by atoms with Gasteiger partial charge in [0.15, 0.2) is 0 Å². The molecule has 4 aromatic rings. The number of amides is 2. The molecule has 8 nitrogen and oxygen atoms in total. The molecule has 0 aliphatic heterocycles. The lowest BCUT2D eigenvalue weighted by molar-refractivity contribution is 0.0635. The Morgan fingerprint density at radius 1 is 1.00 bits per heavy atom. The van der Waals surface area contributed by atoms with Crippen molar-refractivity contribution in [1.29, 1.82) is 0 Å². The number of hydrogen-bond acceptors (Lipinski definition) is 5. The van der Waals surface area contributed by atoms with Gasteiger partial charge in [-0.2, -0.15) is 5.10 Å². The standard InChI is InChI=1S/C25H24FN5O3/c1-25(2,3)34-24(33)30-21-7-5-4-6-20(21)29-23(32)17-8-9-22-18(11-17)13-28-31(22)15-16-10-19(26)14-27-12-16/h4-14H,15H2,1-3H3,(H,29,32)(H,30,33). The van der Waals surface area contributed by atoms with E-state index in [1.165, 1.54) is 6.07 Å². The van der Waals surface area contributed by atoms with E-state index in [1.54, 1.807) is 80.3 Å². The lowest BCUT2D eigenvalue weighted by Crippen LogP contribution is -2.27. The average Bonchev–Trinajstić information content (AvgIpc) is 3.16. The molecule has 0 saturated carbocycles. The minimum Gasteiger partial charge on any atom is -0.444 e. The van der Waals surface area contributed by atoms with Gasteiger partial charge in [-0.1, -0.05) is 12.1 Å². The number of rotatable bonds is 5. The summed E-state index contributed by atoms with van der Waals surface area (Å²) in [4.78, 5) is 28.9. The topological polar surface area (TPSA) is 98.1 Å². The summed E-state index contributed by atoms with van der Waals surface area (Å²) in [6.07, 6.45) is 3.77. The number of fused-ring (bicyclic) bond motifs is 1. The van der Waals surface area contributed by atoms with Gasteiger partial charge in [0.05, 0.1) is 35.8 Å². The Bertz CT molecular complexity index is 1360. The number of hydrogen-bond donors (Lipinski definition) is 2. The molecule has 0 saturated heterocycles. The number of nitrogens with zero attached hydrogens (tertiary/aromatic N) is 3. The quantitative estimate of drug-likeness (QED) is 0.425. The SMILES string of the molecule is CC(C)(C)OC(=O)Nc1ccccc1NC(=O)c1ccc2c(cnn2Cc2cncc(F)c2)c1. The molecule has 2 N–H and O–H groups in total. The molecule has 0 aliphatic carbocycles. The maximum Gasteiger partial charge on any atom is 0.412 e. The molecule has 0 atom stereocenters. The van der Waals surface area contributed by atoms with E-state index >= 15 is 0 Å². The molecule has 9 heteroatoms. The van der Waals surface area contributed by atoms with Crippen molar-refractivity contribution in [3.63, 3.8) is 0 Å². The summed E-state index contributed by atoms with van der Waals surface area (Å²) in [7, 11) is 0. The molecule has 0 radical (unpaired) electrons. The third-order valence-electron chi connectivity index (χ3n) is 4.81. The zero-order valence-corrected chi connectivity index (χ0v) is 19.0. The van der Waals surface area contributed by atoms with E-state index in [4.69, 9.17) is 4.74 Å². The highest BCUT2D eigenvalue weighted by atomic mass is 19.1. The molecule has 2 amide bonds. The van der Waals surface area contributed by atoms with Crippen LogP contribution in [0.15, 0.2) is 67.1 Å². The van der Waals surface area contributed by atoms with Crippen LogP contribution < -0.4 is 10.6 Å². The van der Waals surface area contributed by atoms with Gasteiger partial charge in [0.2, 0.25) is 0 Å². The van der Waals surface area contributed by atoms with Gasteiger partial charge in [0, 0.05) is 17.1 Å². The Hall–Kier alpha value is -4.27. The highest BCUT2D eigenvalue weighted by molar-refractivity contribution is 6.08. The smallest absolute Gasteiger partial charge is 0.412 e. The van der Waals surface area contributed by atoms with E-state index in [0.29, 0.717) is 29.0 Å². The first-order valence-corrected chi connectivity index (χ1v) is 10.6. The zero-order valence-electron chi connectivity index (χ0n) is 19.0. The normalized spacial score (nSPS) is 11.3. The van der Waals surface area contributed by atoms with Crippen LogP contribution in [0, 0.1) is 5.82 Å². The van der Waals surface area contributed by atoms with Gasteiger partial charge in [0.25, 0.3) is 5.91 Å². The van der Waals surface area contributed by atoms with Crippen molar-refractivity contribution in [1.82, 2.24) is 14.8 Å². The maximum atomic E-state index is 13.4. The number of ether oxygens (including phenoxy) is 1.